The zero-order valence-electron chi connectivity index (χ0n) is 15.3. The minimum Gasteiger partial charge on any atom is -0.492 e. The number of hydrogen-bond acceptors (Lipinski definition) is 5. The summed E-state index contributed by atoms with van der Waals surface area (Å²) >= 11 is 5.87. The molecule has 0 aliphatic carbocycles. The number of nitrogens with one attached hydrogen (secondary N) is 1. The molecule has 8 heteroatoms. The van der Waals surface area contributed by atoms with Crippen LogP contribution in [0.3, 0.4) is 0 Å². The van der Waals surface area contributed by atoms with Gasteiger partial charge in [0.15, 0.2) is 11.5 Å². The van der Waals surface area contributed by atoms with Crippen molar-refractivity contribution >= 4 is 17.5 Å². The van der Waals surface area contributed by atoms with Gasteiger partial charge in [0.05, 0.1) is 6.26 Å². The Morgan fingerprint density at radius 1 is 1.18 bits per heavy atom. The number of aromatic nitrogens is 2. The van der Waals surface area contributed by atoms with Crippen LogP contribution in [0.5, 0.6) is 5.75 Å². The molecule has 1 aliphatic rings. The zero-order valence-corrected chi connectivity index (χ0v) is 16.1. The van der Waals surface area contributed by atoms with E-state index < -0.39 is 0 Å². The van der Waals surface area contributed by atoms with E-state index in [4.69, 9.17) is 20.8 Å². The Hall–Kier alpha value is -2.77. The summed E-state index contributed by atoms with van der Waals surface area (Å²) in [6, 6.07) is 12.7. The van der Waals surface area contributed by atoms with Gasteiger partial charge in [-0.3, -0.25) is 14.8 Å². The van der Waals surface area contributed by atoms with Gasteiger partial charge >= 0.3 is 0 Å². The Balaban J connectivity index is 1.23. The maximum Gasteiger partial charge on any atom is 0.274 e. The lowest BCUT2D eigenvalue weighted by Gasteiger charge is -2.34. The van der Waals surface area contributed by atoms with Crippen molar-refractivity contribution in [3.63, 3.8) is 0 Å². The van der Waals surface area contributed by atoms with Gasteiger partial charge in [0, 0.05) is 43.8 Å². The number of benzene rings is 1. The topological polar surface area (TPSA) is 74.6 Å². The van der Waals surface area contributed by atoms with Crippen LogP contribution in [0.4, 0.5) is 0 Å². The zero-order chi connectivity index (χ0) is 19.3. The molecule has 3 heterocycles. The molecular formula is C20H21ClN4O3. The van der Waals surface area contributed by atoms with E-state index in [9.17, 15) is 4.79 Å². The Morgan fingerprint density at radius 3 is 2.68 bits per heavy atom. The van der Waals surface area contributed by atoms with E-state index in [1.807, 2.05) is 35.2 Å². The first-order valence-corrected chi connectivity index (χ1v) is 9.56. The second kappa shape index (κ2) is 8.50. The number of aromatic amines is 1. The summed E-state index contributed by atoms with van der Waals surface area (Å²) in [5.41, 5.74) is 1.11. The Kier molecular flexibility index (Phi) is 5.64. The molecular weight excluding hydrogens is 380 g/mol. The van der Waals surface area contributed by atoms with Gasteiger partial charge in [0.25, 0.3) is 5.91 Å². The number of amides is 1. The summed E-state index contributed by atoms with van der Waals surface area (Å²) in [4.78, 5) is 16.8. The van der Waals surface area contributed by atoms with E-state index in [0.717, 1.165) is 25.4 Å². The van der Waals surface area contributed by atoms with E-state index in [2.05, 4.69) is 15.1 Å². The maximum atomic E-state index is 12.7. The molecule has 0 saturated carbocycles. The van der Waals surface area contributed by atoms with Crippen LogP contribution < -0.4 is 4.74 Å². The normalized spacial score (nSPS) is 15.0. The first-order valence-electron chi connectivity index (χ1n) is 9.18. The molecule has 1 aromatic carbocycles. The van der Waals surface area contributed by atoms with Crippen LogP contribution in [-0.4, -0.2) is 65.2 Å². The third kappa shape index (κ3) is 4.37. The van der Waals surface area contributed by atoms with Crippen molar-refractivity contribution in [3.05, 3.63) is 59.4 Å². The van der Waals surface area contributed by atoms with Crippen LogP contribution in [0.15, 0.2) is 53.1 Å². The number of halogens is 1. The van der Waals surface area contributed by atoms with Gasteiger partial charge in [0.2, 0.25) is 0 Å². The highest BCUT2D eigenvalue weighted by Crippen LogP contribution is 2.19. The van der Waals surface area contributed by atoms with Crippen molar-refractivity contribution in [2.45, 2.75) is 0 Å². The van der Waals surface area contributed by atoms with Crippen LogP contribution in [0, 0.1) is 0 Å². The Bertz CT molecular complexity index is 900. The molecule has 4 rings (SSSR count). The van der Waals surface area contributed by atoms with Gasteiger partial charge < -0.3 is 14.1 Å². The molecule has 0 radical (unpaired) electrons. The van der Waals surface area contributed by atoms with Crippen LogP contribution in [-0.2, 0) is 0 Å². The van der Waals surface area contributed by atoms with Gasteiger partial charge in [-0.2, -0.15) is 5.10 Å². The van der Waals surface area contributed by atoms with Crippen LogP contribution in [0.25, 0.3) is 11.5 Å². The molecule has 3 aromatic rings. The number of nitrogens with zero attached hydrogens (tertiary/aromatic N) is 3. The number of carbonyl (C=O) groups is 1. The number of ether oxygens (including phenoxy) is 1. The van der Waals surface area contributed by atoms with E-state index in [-0.39, 0.29) is 5.91 Å². The summed E-state index contributed by atoms with van der Waals surface area (Å²) in [7, 11) is 0. The van der Waals surface area contributed by atoms with E-state index in [1.54, 1.807) is 18.4 Å². The van der Waals surface area contributed by atoms with Crippen molar-refractivity contribution in [3.8, 4) is 17.2 Å². The quantitative estimate of drug-likeness (QED) is 0.688. The lowest BCUT2D eigenvalue weighted by atomic mass is 10.2. The predicted molar refractivity (Wildman–Crippen MR) is 106 cm³/mol. The second-order valence-corrected chi connectivity index (χ2v) is 7.02. The fourth-order valence-corrected chi connectivity index (χ4v) is 3.28. The lowest BCUT2D eigenvalue weighted by Crippen LogP contribution is -2.49. The van der Waals surface area contributed by atoms with Crippen LogP contribution >= 0.6 is 11.6 Å². The van der Waals surface area contributed by atoms with Gasteiger partial charge in [0.1, 0.15) is 18.1 Å². The fourth-order valence-electron chi connectivity index (χ4n) is 3.15. The molecule has 1 N–H and O–H groups in total. The smallest absolute Gasteiger partial charge is 0.274 e. The number of piperazine rings is 1. The molecule has 1 fully saturated rings. The molecule has 146 valence electrons. The van der Waals surface area contributed by atoms with Crippen molar-refractivity contribution in [2.75, 3.05) is 39.3 Å². The van der Waals surface area contributed by atoms with Gasteiger partial charge in [-0.25, -0.2) is 0 Å². The maximum absolute atomic E-state index is 12.7. The Morgan fingerprint density at radius 2 is 1.96 bits per heavy atom. The van der Waals surface area contributed by atoms with Crippen molar-refractivity contribution in [1.29, 1.82) is 0 Å². The van der Waals surface area contributed by atoms with Gasteiger partial charge in [-0.1, -0.05) is 11.6 Å². The molecule has 0 spiro atoms. The average Bonchev–Trinajstić information content (AvgIpc) is 3.41. The number of carbonyl (C=O) groups excluding carboxylic acids is 1. The first-order chi connectivity index (χ1) is 13.7. The average molecular weight is 401 g/mol. The number of rotatable bonds is 6. The summed E-state index contributed by atoms with van der Waals surface area (Å²) in [6.45, 7) is 4.37. The standard InChI is InChI=1S/C20H21ClN4O3/c21-15-3-5-16(6-4-15)27-13-11-24-7-9-25(10-8-24)20(26)18-14-17(22-23-18)19-2-1-12-28-19/h1-6,12,14H,7-11,13H2,(H,22,23). The number of hydrogen-bond donors (Lipinski definition) is 1. The summed E-state index contributed by atoms with van der Waals surface area (Å²) in [5.74, 6) is 1.41. The SMILES string of the molecule is O=C(c1cc(-c2ccco2)[nH]n1)N1CCN(CCOc2ccc(Cl)cc2)CC1. The molecule has 0 atom stereocenters. The summed E-state index contributed by atoms with van der Waals surface area (Å²) < 4.78 is 11.1. The van der Waals surface area contributed by atoms with E-state index >= 15 is 0 Å². The van der Waals surface area contributed by atoms with E-state index in [1.165, 1.54) is 0 Å². The minimum absolute atomic E-state index is 0.0638. The largest absolute Gasteiger partial charge is 0.492 e. The highest BCUT2D eigenvalue weighted by atomic mass is 35.5. The monoisotopic (exact) mass is 400 g/mol. The third-order valence-corrected chi connectivity index (χ3v) is 4.98. The molecule has 1 aliphatic heterocycles. The molecule has 2 aromatic heterocycles. The summed E-state index contributed by atoms with van der Waals surface area (Å²) in [6.07, 6.45) is 1.59. The van der Waals surface area contributed by atoms with Crippen molar-refractivity contribution in [2.24, 2.45) is 0 Å². The molecule has 28 heavy (non-hydrogen) atoms. The van der Waals surface area contributed by atoms with Gasteiger partial charge in [-0.05, 0) is 36.4 Å². The lowest BCUT2D eigenvalue weighted by molar-refractivity contribution is 0.0614. The molecule has 0 unspecified atom stereocenters. The van der Waals surface area contributed by atoms with Gasteiger partial charge in [-0.15, -0.1) is 0 Å². The van der Waals surface area contributed by atoms with E-state index in [0.29, 0.717) is 41.9 Å². The summed E-state index contributed by atoms with van der Waals surface area (Å²) in [5, 5.41) is 7.69. The Labute approximate surface area is 167 Å². The third-order valence-electron chi connectivity index (χ3n) is 4.73. The number of furan rings is 1. The molecule has 1 amide bonds. The first kappa shape index (κ1) is 18.6. The highest BCUT2D eigenvalue weighted by Gasteiger charge is 2.24. The van der Waals surface area contributed by atoms with Crippen LogP contribution in [0.1, 0.15) is 10.5 Å². The number of H-pyrrole nitrogens is 1. The minimum atomic E-state index is -0.0638. The molecule has 7 nitrogen and oxygen atoms in total. The second-order valence-electron chi connectivity index (χ2n) is 6.58. The predicted octanol–water partition coefficient (Wildman–Crippen LogP) is 3.16. The van der Waals surface area contributed by atoms with Crippen molar-refractivity contribution < 1.29 is 13.9 Å². The van der Waals surface area contributed by atoms with Crippen molar-refractivity contribution in [1.82, 2.24) is 20.0 Å². The molecule has 0 bridgehead atoms. The fraction of sp³-hybridized carbons (Fsp3) is 0.300. The molecule has 1 saturated heterocycles. The highest BCUT2D eigenvalue weighted by molar-refractivity contribution is 6.30. The van der Waals surface area contributed by atoms with Crippen LogP contribution in [0.2, 0.25) is 5.02 Å².